The Morgan fingerprint density at radius 2 is 2.27 bits per heavy atom. The van der Waals surface area contributed by atoms with E-state index in [1.54, 1.807) is 6.20 Å². The number of hydrogen-bond donors (Lipinski definition) is 1. The minimum absolute atomic E-state index is 0.139. The zero-order valence-electron chi connectivity index (χ0n) is 12.1. The quantitative estimate of drug-likeness (QED) is 0.888. The number of carbonyl (C=O) groups is 1. The maximum Gasteiger partial charge on any atom is 0.277 e. The van der Waals surface area contributed by atoms with Crippen LogP contribution in [0, 0.1) is 5.92 Å². The number of amides is 1. The van der Waals surface area contributed by atoms with Gasteiger partial charge in [-0.2, -0.15) is 0 Å². The number of primary amides is 1. The highest BCUT2D eigenvalue weighted by atomic mass is 32.1. The van der Waals surface area contributed by atoms with Crippen LogP contribution in [0.5, 0.6) is 5.75 Å². The van der Waals surface area contributed by atoms with Gasteiger partial charge < -0.3 is 15.2 Å². The maximum absolute atomic E-state index is 11.2. The Kier molecular flexibility index (Phi) is 4.70. The van der Waals surface area contributed by atoms with E-state index < -0.39 is 5.91 Å². The van der Waals surface area contributed by atoms with Crippen LogP contribution in [0.4, 0.5) is 0 Å². The third-order valence-electron chi connectivity index (χ3n) is 3.64. The van der Waals surface area contributed by atoms with E-state index in [4.69, 9.17) is 15.2 Å². The van der Waals surface area contributed by atoms with E-state index >= 15 is 0 Å². The zero-order chi connectivity index (χ0) is 15.4. The van der Waals surface area contributed by atoms with Gasteiger partial charge in [0.15, 0.2) is 5.01 Å². The van der Waals surface area contributed by atoms with Crippen molar-refractivity contribution in [3.05, 3.63) is 46.4 Å². The summed E-state index contributed by atoms with van der Waals surface area (Å²) in [5.41, 5.74) is 5.29. The van der Waals surface area contributed by atoms with Crippen LogP contribution in [0.3, 0.4) is 0 Å². The fourth-order valence-corrected chi connectivity index (χ4v) is 3.32. The van der Waals surface area contributed by atoms with E-state index in [-0.39, 0.29) is 6.10 Å². The van der Waals surface area contributed by atoms with Crippen molar-refractivity contribution in [3.63, 3.8) is 0 Å². The molecule has 1 aliphatic heterocycles. The molecule has 22 heavy (non-hydrogen) atoms. The van der Waals surface area contributed by atoms with E-state index in [1.165, 1.54) is 11.3 Å². The third-order valence-corrected chi connectivity index (χ3v) is 4.75. The van der Waals surface area contributed by atoms with Gasteiger partial charge in [0.25, 0.3) is 5.91 Å². The lowest BCUT2D eigenvalue weighted by Crippen LogP contribution is -2.13. The number of benzene rings is 1. The molecular formula is C16H18N2O3S. The molecule has 1 aromatic carbocycles. The Bertz CT molecular complexity index is 623. The normalized spacial score (nSPS) is 19.0. The van der Waals surface area contributed by atoms with Gasteiger partial charge in [-0.15, -0.1) is 11.3 Å². The molecule has 0 saturated carbocycles. The molecule has 2 heterocycles. The lowest BCUT2D eigenvalue weighted by atomic mass is 10.0. The first-order valence-corrected chi connectivity index (χ1v) is 8.09. The minimum atomic E-state index is -0.501. The Morgan fingerprint density at radius 1 is 1.45 bits per heavy atom. The molecule has 3 rings (SSSR count). The molecule has 0 aliphatic carbocycles. The van der Waals surface area contributed by atoms with E-state index in [9.17, 15) is 4.79 Å². The second kappa shape index (κ2) is 6.89. The molecule has 1 aliphatic rings. The smallest absolute Gasteiger partial charge is 0.277 e. The lowest BCUT2D eigenvalue weighted by Gasteiger charge is -2.20. The van der Waals surface area contributed by atoms with Crippen LogP contribution in [-0.4, -0.2) is 24.1 Å². The SMILES string of the molecule is NC(=O)c1ncc(C(CC2CCOC2)Oc2ccccc2)s1. The Morgan fingerprint density at radius 3 is 2.91 bits per heavy atom. The number of para-hydroxylation sites is 1. The van der Waals surface area contributed by atoms with Crippen LogP contribution < -0.4 is 10.5 Å². The summed E-state index contributed by atoms with van der Waals surface area (Å²) >= 11 is 1.30. The van der Waals surface area contributed by atoms with Crippen LogP contribution in [0.2, 0.25) is 0 Å². The molecule has 0 radical (unpaired) electrons. The summed E-state index contributed by atoms with van der Waals surface area (Å²) in [6.07, 6.45) is 3.43. The average Bonchev–Trinajstić information content (AvgIpc) is 3.19. The molecule has 0 bridgehead atoms. The average molecular weight is 318 g/mol. The summed E-state index contributed by atoms with van der Waals surface area (Å²) in [4.78, 5) is 16.3. The number of ether oxygens (including phenoxy) is 2. The molecule has 1 saturated heterocycles. The third kappa shape index (κ3) is 3.64. The molecular weight excluding hydrogens is 300 g/mol. The molecule has 116 valence electrons. The van der Waals surface area contributed by atoms with Crippen molar-refractivity contribution in [2.75, 3.05) is 13.2 Å². The molecule has 2 N–H and O–H groups in total. The number of nitrogens with two attached hydrogens (primary N) is 1. The first kappa shape index (κ1) is 15.0. The molecule has 2 aromatic rings. The lowest BCUT2D eigenvalue weighted by molar-refractivity contribution is 0.1000. The van der Waals surface area contributed by atoms with Crippen LogP contribution in [-0.2, 0) is 4.74 Å². The van der Waals surface area contributed by atoms with Gasteiger partial charge >= 0.3 is 0 Å². The molecule has 1 aromatic heterocycles. The molecule has 6 heteroatoms. The van der Waals surface area contributed by atoms with Crippen molar-refractivity contribution >= 4 is 17.2 Å². The molecule has 5 nitrogen and oxygen atoms in total. The number of thiazole rings is 1. The van der Waals surface area contributed by atoms with Crippen LogP contribution in [0.1, 0.15) is 33.6 Å². The topological polar surface area (TPSA) is 74.4 Å². The molecule has 0 spiro atoms. The van der Waals surface area contributed by atoms with Crippen LogP contribution in [0.25, 0.3) is 0 Å². The second-order valence-corrected chi connectivity index (χ2v) is 6.38. The molecule has 1 fully saturated rings. The Hall–Kier alpha value is -1.92. The number of aromatic nitrogens is 1. The van der Waals surface area contributed by atoms with Crippen LogP contribution >= 0.6 is 11.3 Å². The summed E-state index contributed by atoms with van der Waals surface area (Å²) < 4.78 is 11.6. The van der Waals surface area contributed by atoms with Gasteiger partial charge in [0.1, 0.15) is 11.9 Å². The van der Waals surface area contributed by atoms with Gasteiger partial charge in [0.05, 0.1) is 4.88 Å². The van der Waals surface area contributed by atoms with Crippen molar-refractivity contribution in [1.29, 1.82) is 0 Å². The molecule has 1 amide bonds. The predicted octanol–water partition coefficient (Wildman–Crippen LogP) is 2.79. The van der Waals surface area contributed by atoms with E-state index in [1.807, 2.05) is 30.3 Å². The first-order chi connectivity index (χ1) is 10.7. The summed E-state index contributed by atoms with van der Waals surface area (Å²) in [5.74, 6) is 0.771. The Labute approximate surface area is 133 Å². The summed E-state index contributed by atoms with van der Waals surface area (Å²) in [7, 11) is 0. The number of carbonyl (C=O) groups excluding carboxylic acids is 1. The van der Waals surface area contributed by atoms with Crippen molar-refractivity contribution in [2.45, 2.75) is 18.9 Å². The highest BCUT2D eigenvalue weighted by Crippen LogP contribution is 2.33. The summed E-state index contributed by atoms with van der Waals surface area (Å²) in [6, 6.07) is 9.67. The van der Waals surface area contributed by atoms with Gasteiger partial charge in [0.2, 0.25) is 0 Å². The number of rotatable bonds is 6. The van der Waals surface area contributed by atoms with Crippen molar-refractivity contribution in [2.24, 2.45) is 11.7 Å². The highest BCUT2D eigenvalue weighted by molar-refractivity contribution is 7.13. The van der Waals surface area contributed by atoms with Gasteiger partial charge in [-0.25, -0.2) is 4.98 Å². The molecule has 2 atom stereocenters. The van der Waals surface area contributed by atoms with Crippen molar-refractivity contribution in [1.82, 2.24) is 4.98 Å². The fourth-order valence-electron chi connectivity index (χ4n) is 2.51. The predicted molar refractivity (Wildman–Crippen MR) is 84.0 cm³/mol. The standard InChI is InChI=1S/C16H18N2O3S/c17-15(19)16-18-9-14(22-16)13(8-11-6-7-20-10-11)21-12-4-2-1-3-5-12/h1-5,9,11,13H,6-8,10H2,(H2,17,19). The van der Waals surface area contributed by atoms with Crippen molar-refractivity contribution in [3.8, 4) is 5.75 Å². The maximum atomic E-state index is 11.2. The van der Waals surface area contributed by atoms with Gasteiger partial charge in [-0.3, -0.25) is 4.79 Å². The Balaban J connectivity index is 1.79. The fraction of sp³-hybridized carbons (Fsp3) is 0.375. The second-order valence-electron chi connectivity index (χ2n) is 5.32. The van der Waals surface area contributed by atoms with Crippen molar-refractivity contribution < 1.29 is 14.3 Å². The van der Waals surface area contributed by atoms with Gasteiger partial charge in [0, 0.05) is 19.4 Å². The summed E-state index contributed by atoms with van der Waals surface area (Å²) in [6.45, 7) is 1.56. The zero-order valence-corrected chi connectivity index (χ0v) is 12.9. The number of hydrogen-bond acceptors (Lipinski definition) is 5. The highest BCUT2D eigenvalue weighted by Gasteiger charge is 2.25. The van der Waals surface area contributed by atoms with E-state index in [0.29, 0.717) is 10.9 Å². The summed E-state index contributed by atoms with van der Waals surface area (Å²) in [5, 5.41) is 0.319. The van der Waals surface area contributed by atoms with Gasteiger partial charge in [-0.05, 0) is 30.9 Å². The van der Waals surface area contributed by atoms with E-state index in [2.05, 4.69) is 4.98 Å². The monoisotopic (exact) mass is 318 g/mol. The van der Waals surface area contributed by atoms with Gasteiger partial charge in [-0.1, -0.05) is 18.2 Å². The van der Waals surface area contributed by atoms with E-state index in [0.717, 1.165) is 36.7 Å². The largest absolute Gasteiger partial charge is 0.485 e. The van der Waals surface area contributed by atoms with Crippen LogP contribution in [0.15, 0.2) is 36.5 Å². The molecule has 2 unspecified atom stereocenters. The first-order valence-electron chi connectivity index (χ1n) is 7.27. The number of nitrogens with zero attached hydrogens (tertiary/aromatic N) is 1. The minimum Gasteiger partial charge on any atom is -0.485 e.